The van der Waals surface area contributed by atoms with Crippen molar-refractivity contribution in [1.29, 1.82) is 0 Å². The number of pyridine rings is 1. The molecule has 3 rings (SSSR count). The summed E-state index contributed by atoms with van der Waals surface area (Å²) < 4.78 is 14.5. The number of halogens is 1. The van der Waals surface area contributed by atoms with Gasteiger partial charge in [0, 0.05) is 62.5 Å². The van der Waals surface area contributed by atoms with E-state index in [0.717, 1.165) is 29.9 Å². The Bertz CT molecular complexity index is 1010. The Hall–Kier alpha value is -2.60. The van der Waals surface area contributed by atoms with Crippen molar-refractivity contribution >= 4 is 11.7 Å². The van der Waals surface area contributed by atoms with Crippen molar-refractivity contribution in [2.75, 3.05) is 19.6 Å². The fourth-order valence-corrected chi connectivity index (χ4v) is 4.40. The van der Waals surface area contributed by atoms with Gasteiger partial charge >= 0.3 is 0 Å². The van der Waals surface area contributed by atoms with Crippen molar-refractivity contribution in [2.45, 2.75) is 67.0 Å². The average molecular weight is 454 g/mol. The van der Waals surface area contributed by atoms with Gasteiger partial charge in [0.1, 0.15) is 5.82 Å². The highest BCUT2D eigenvalue weighted by molar-refractivity contribution is 5.97. The van der Waals surface area contributed by atoms with E-state index in [1.54, 1.807) is 18.3 Å². The van der Waals surface area contributed by atoms with Gasteiger partial charge in [0.2, 0.25) is 5.91 Å². The maximum atomic E-state index is 14.5. The van der Waals surface area contributed by atoms with E-state index in [-0.39, 0.29) is 35.4 Å². The molecule has 178 valence electrons. The van der Waals surface area contributed by atoms with Crippen LogP contribution in [0.4, 0.5) is 4.39 Å². The molecule has 1 amide bonds. The van der Waals surface area contributed by atoms with Crippen molar-refractivity contribution < 1.29 is 14.0 Å². The molecule has 1 atom stereocenters. The minimum atomic E-state index is -0.326. The van der Waals surface area contributed by atoms with Crippen molar-refractivity contribution in [3.63, 3.8) is 0 Å². The van der Waals surface area contributed by atoms with E-state index >= 15 is 0 Å². The van der Waals surface area contributed by atoms with Crippen LogP contribution in [0, 0.1) is 25.1 Å². The first-order valence-corrected chi connectivity index (χ1v) is 11.7. The van der Waals surface area contributed by atoms with E-state index < -0.39 is 0 Å². The lowest BCUT2D eigenvalue weighted by Crippen LogP contribution is -2.54. The van der Waals surface area contributed by atoms with Crippen LogP contribution in [0.5, 0.6) is 0 Å². The van der Waals surface area contributed by atoms with Crippen LogP contribution in [0.2, 0.25) is 0 Å². The van der Waals surface area contributed by atoms with Gasteiger partial charge < -0.3 is 4.90 Å². The van der Waals surface area contributed by atoms with Gasteiger partial charge in [0.15, 0.2) is 5.78 Å². The number of aryl methyl sites for hydroxylation is 1. The van der Waals surface area contributed by atoms with Crippen molar-refractivity contribution in [3.05, 3.63) is 64.2 Å². The Balaban J connectivity index is 1.68. The van der Waals surface area contributed by atoms with Crippen LogP contribution in [-0.2, 0) is 17.8 Å². The van der Waals surface area contributed by atoms with E-state index in [2.05, 4.69) is 37.6 Å². The second kappa shape index (κ2) is 10.1. The van der Waals surface area contributed by atoms with Crippen LogP contribution in [0.25, 0.3) is 0 Å². The number of aromatic nitrogens is 1. The highest BCUT2D eigenvalue weighted by Crippen LogP contribution is 2.24. The first-order chi connectivity index (χ1) is 15.4. The second-order valence-corrected chi connectivity index (χ2v) is 10.5. The molecule has 0 bridgehead atoms. The molecule has 1 aromatic heterocycles. The molecule has 0 saturated carbocycles. The number of hydrogen-bond donors (Lipinski definition) is 0. The topological polar surface area (TPSA) is 53.5 Å². The normalized spacial score (nSPS) is 17.3. The van der Waals surface area contributed by atoms with E-state index in [4.69, 9.17) is 0 Å². The van der Waals surface area contributed by atoms with E-state index in [1.165, 1.54) is 6.07 Å². The van der Waals surface area contributed by atoms with Crippen LogP contribution in [0.3, 0.4) is 0 Å². The quantitative estimate of drug-likeness (QED) is 0.594. The number of hydrogen-bond acceptors (Lipinski definition) is 4. The van der Waals surface area contributed by atoms with E-state index in [0.29, 0.717) is 30.6 Å². The number of Topliss-reactive ketones (excluding diaryl/α,β-unsaturated/α-hetero) is 1. The molecule has 0 aliphatic carbocycles. The zero-order valence-electron chi connectivity index (χ0n) is 20.7. The largest absolute Gasteiger partial charge is 0.337 e. The first kappa shape index (κ1) is 25.0. The maximum Gasteiger partial charge on any atom is 0.223 e. The molecule has 2 aromatic rings. The Labute approximate surface area is 197 Å². The highest BCUT2D eigenvalue weighted by atomic mass is 19.1. The summed E-state index contributed by atoms with van der Waals surface area (Å²) in [6.45, 7) is 14.9. The Morgan fingerprint density at radius 2 is 1.82 bits per heavy atom. The van der Waals surface area contributed by atoms with Gasteiger partial charge in [0.05, 0.1) is 0 Å². The minimum Gasteiger partial charge on any atom is -0.337 e. The summed E-state index contributed by atoms with van der Waals surface area (Å²) in [6.07, 6.45) is 2.26. The van der Waals surface area contributed by atoms with Gasteiger partial charge in [0.25, 0.3) is 0 Å². The molecule has 0 radical (unpaired) electrons. The minimum absolute atomic E-state index is 0.0326. The van der Waals surface area contributed by atoms with Gasteiger partial charge in [-0.1, -0.05) is 20.8 Å². The molecule has 1 fully saturated rings. The number of piperazine rings is 1. The van der Waals surface area contributed by atoms with Crippen LogP contribution < -0.4 is 0 Å². The number of carbonyl (C=O) groups is 2. The predicted molar refractivity (Wildman–Crippen MR) is 129 cm³/mol. The molecule has 6 heteroatoms. The lowest BCUT2D eigenvalue weighted by atomic mass is 9.91. The number of ketones is 1. The third-order valence-electron chi connectivity index (χ3n) is 6.28. The number of nitrogens with zero attached hydrogens (tertiary/aromatic N) is 3. The Morgan fingerprint density at radius 3 is 2.42 bits per heavy atom. The molecule has 1 aliphatic heterocycles. The van der Waals surface area contributed by atoms with Gasteiger partial charge in [-0.15, -0.1) is 0 Å². The number of carbonyl (C=O) groups excluding carboxylic acids is 2. The average Bonchev–Trinajstić information content (AvgIpc) is 2.70. The summed E-state index contributed by atoms with van der Waals surface area (Å²) >= 11 is 0. The zero-order valence-corrected chi connectivity index (χ0v) is 20.7. The van der Waals surface area contributed by atoms with E-state index in [1.807, 2.05) is 24.8 Å². The van der Waals surface area contributed by atoms with Gasteiger partial charge in [-0.05, 0) is 67.1 Å². The Morgan fingerprint density at radius 1 is 1.12 bits per heavy atom. The summed E-state index contributed by atoms with van der Waals surface area (Å²) in [7, 11) is 0. The lowest BCUT2D eigenvalue weighted by molar-refractivity contribution is -0.137. The third kappa shape index (κ3) is 6.70. The molecule has 5 nitrogen and oxygen atoms in total. The standard InChI is InChI=1S/C27H36FN3O2/c1-18-7-8-21(15-29-18)25(32)13-22-11-24(28)12-23(20(22)3)17-30-9-10-31(19(2)16-30)26(33)14-27(4,5)6/h7-8,11-12,15,19H,9-10,13-14,16-17H2,1-6H3/t19-/m0/s1. The summed E-state index contributed by atoms with van der Waals surface area (Å²) in [5.41, 5.74) is 3.91. The monoisotopic (exact) mass is 453 g/mol. The fraction of sp³-hybridized carbons (Fsp3) is 0.519. The second-order valence-electron chi connectivity index (χ2n) is 10.5. The molecular formula is C27H36FN3O2. The highest BCUT2D eigenvalue weighted by Gasteiger charge is 2.30. The smallest absolute Gasteiger partial charge is 0.223 e. The zero-order chi connectivity index (χ0) is 24.3. The molecular weight excluding hydrogens is 417 g/mol. The predicted octanol–water partition coefficient (Wildman–Crippen LogP) is 4.73. The molecule has 1 aliphatic rings. The van der Waals surface area contributed by atoms with Gasteiger partial charge in [-0.2, -0.15) is 0 Å². The maximum absolute atomic E-state index is 14.5. The molecule has 0 N–H and O–H groups in total. The molecule has 1 aromatic carbocycles. The third-order valence-corrected chi connectivity index (χ3v) is 6.28. The van der Waals surface area contributed by atoms with Crippen LogP contribution in [-0.4, -0.2) is 52.2 Å². The molecule has 0 unspecified atom stereocenters. The van der Waals surface area contributed by atoms with Crippen molar-refractivity contribution in [1.82, 2.24) is 14.8 Å². The van der Waals surface area contributed by atoms with Crippen LogP contribution >= 0.6 is 0 Å². The summed E-state index contributed by atoms with van der Waals surface area (Å²) in [6, 6.07) is 6.71. The number of amides is 1. The molecule has 33 heavy (non-hydrogen) atoms. The molecule has 0 spiro atoms. The SMILES string of the molecule is Cc1ccc(C(=O)Cc2cc(F)cc(CN3CCN(C(=O)CC(C)(C)C)[C@@H](C)C3)c2C)cn1. The summed E-state index contributed by atoms with van der Waals surface area (Å²) in [5, 5.41) is 0. The fourth-order valence-electron chi connectivity index (χ4n) is 4.40. The van der Waals surface area contributed by atoms with Crippen LogP contribution in [0.15, 0.2) is 30.5 Å². The van der Waals surface area contributed by atoms with E-state index in [9.17, 15) is 14.0 Å². The Kier molecular flexibility index (Phi) is 7.68. The van der Waals surface area contributed by atoms with Crippen molar-refractivity contribution in [2.24, 2.45) is 5.41 Å². The first-order valence-electron chi connectivity index (χ1n) is 11.7. The lowest BCUT2D eigenvalue weighted by Gasteiger charge is -2.41. The number of benzene rings is 1. The summed E-state index contributed by atoms with van der Waals surface area (Å²) in [5.74, 6) is -0.197. The van der Waals surface area contributed by atoms with Gasteiger partial charge in [-0.25, -0.2) is 4.39 Å². The van der Waals surface area contributed by atoms with Crippen LogP contribution in [0.1, 0.15) is 66.9 Å². The molecule has 1 saturated heterocycles. The van der Waals surface area contributed by atoms with Crippen molar-refractivity contribution in [3.8, 4) is 0 Å². The molecule has 2 heterocycles. The summed E-state index contributed by atoms with van der Waals surface area (Å²) in [4.78, 5) is 33.8. The van der Waals surface area contributed by atoms with Gasteiger partial charge in [-0.3, -0.25) is 19.5 Å². The number of rotatable bonds is 6.